The smallest absolute Gasteiger partial charge is 0.258 e. The van der Waals surface area contributed by atoms with Crippen LogP contribution in [0.1, 0.15) is 32.7 Å². The number of hydrogen-bond acceptors (Lipinski definition) is 2. The van der Waals surface area contributed by atoms with Crippen LogP contribution in [0.4, 0.5) is 5.69 Å². The molecule has 2 aromatic carbocycles. The van der Waals surface area contributed by atoms with E-state index in [4.69, 9.17) is 0 Å². The van der Waals surface area contributed by atoms with Gasteiger partial charge >= 0.3 is 0 Å². The Labute approximate surface area is 117 Å². The number of hydrogen-bond donors (Lipinski definition) is 0. The highest BCUT2D eigenvalue weighted by Crippen LogP contribution is 2.28. The monoisotopic (exact) mass is 265 g/mol. The molecule has 0 saturated heterocycles. The molecule has 0 aromatic heterocycles. The molecule has 0 saturated carbocycles. The Bertz CT molecular complexity index is 674. The van der Waals surface area contributed by atoms with Gasteiger partial charge in [0.25, 0.3) is 5.91 Å². The maximum atomic E-state index is 12.6. The molecule has 0 atom stereocenters. The van der Waals surface area contributed by atoms with Crippen molar-refractivity contribution in [1.29, 1.82) is 0 Å². The van der Waals surface area contributed by atoms with E-state index in [0.29, 0.717) is 29.8 Å². The average molecular weight is 265 g/mol. The molecule has 0 fully saturated rings. The summed E-state index contributed by atoms with van der Waals surface area (Å²) < 4.78 is 0. The highest BCUT2D eigenvalue weighted by molar-refractivity contribution is 6.13. The van der Waals surface area contributed by atoms with Gasteiger partial charge in [-0.1, -0.05) is 29.8 Å². The van der Waals surface area contributed by atoms with Crippen LogP contribution in [0, 0.1) is 6.92 Å². The van der Waals surface area contributed by atoms with Gasteiger partial charge in [0.05, 0.1) is 5.69 Å². The number of aryl methyl sites for hydroxylation is 1. The van der Waals surface area contributed by atoms with Crippen LogP contribution in [0.25, 0.3) is 0 Å². The van der Waals surface area contributed by atoms with Crippen molar-refractivity contribution in [1.82, 2.24) is 0 Å². The lowest BCUT2D eigenvalue weighted by Crippen LogP contribution is -2.37. The molecule has 3 rings (SSSR count). The SMILES string of the molecule is Cc1ccc(C(=O)N2CCC(=O)c3ccccc32)cc1. The van der Waals surface area contributed by atoms with Crippen LogP contribution in [-0.4, -0.2) is 18.2 Å². The number of ketones is 1. The third-order valence-electron chi connectivity index (χ3n) is 3.60. The number of fused-ring (bicyclic) bond motifs is 1. The number of rotatable bonds is 1. The van der Waals surface area contributed by atoms with Crippen molar-refractivity contribution in [3.63, 3.8) is 0 Å². The minimum absolute atomic E-state index is 0.0510. The van der Waals surface area contributed by atoms with Crippen molar-refractivity contribution >= 4 is 17.4 Å². The maximum absolute atomic E-state index is 12.6. The quantitative estimate of drug-likeness (QED) is 0.794. The number of nitrogens with zero attached hydrogens (tertiary/aromatic N) is 1. The fourth-order valence-corrected chi connectivity index (χ4v) is 2.48. The Morgan fingerprint density at radius 2 is 1.75 bits per heavy atom. The Morgan fingerprint density at radius 3 is 2.50 bits per heavy atom. The third kappa shape index (κ3) is 2.11. The van der Waals surface area contributed by atoms with Crippen molar-refractivity contribution in [2.24, 2.45) is 0 Å². The molecule has 1 heterocycles. The average Bonchev–Trinajstić information content (AvgIpc) is 2.48. The summed E-state index contributed by atoms with van der Waals surface area (Å²) >= 11 is 0. The van der Waals surface area contributed by atoms with Gasteiger partial charge in [-0.25, -0.2) is 0 Å². The van der Waals surface area contributed by atoms with Crippen LogP contribution in [0.2, 0.25) is 0 Å². The lowest BCUT2D eigenvalue weighted by Gasteiger charge is -2.28. The zero-order valence-corrected chi connectivity index (χ0v) is 11.3. The van der Waals surface area contributed by atoms with Crippen molar-refractivity contribution in [3.8, 4) is 0 Å². The fraction of sp³-hybridized carbons (Fsp3) is 0.176. The highest BCUT2D eigenvalue weighted by Gasteiger charge is 2.27. The normalized spacial score (nSPS) is 14.1. The van der Waals surface area contributed by atoms with E-state index in [2.05, 4.69) is 0 Å². The number of carbonyl (C=O) groups is 2. The molecule has 2 aromatic rings. The molecule has 0 aliphatic carbocycles. The number of amides is 1. The third-order valence-corrected chi connectivity index (χ3v) is 3.60. The van der Waals surface area contributed by atoms with E-state index in [9.17, 15) is 9.59 Å². The van der Waals surface area contributed by atoms with E-state index in [-0.39, 0.29) is 11.7 Å². The van der Waals surface area contributed by atoms with Crippen LogP contribution in [0.15, 0.2) is 48.5 Å². The second-order valence-electron chi connectivity index (χ2n) is 5.01. The summed E-state index contributed by atoms with van der Waals surface area (Å²) in [5.74, 6) is 0.0542. The first-order valence-electron chi connectivity index (χ1n) is 6.67. The van der Waals surface area contributed by atoms with Crippen LogP contribution >= 0.6 is 0 Å². The summed E-state index contributed by atoms with van der Waals surface area (Å²) in [6, 6.07) is 14.8. The summed E-state index contributed by atoms with van der Waals surface area (Å²) in [5, 5.41) is 0. The topological polar surface area (TPSA) is 37.4 Å². The molecule has 0 N–H and O–H groups in total. The van der Waals surface area contributed by atoms with Crippen LogP contribution in [0.5, 0.6) is 0 Å². The summed E-state index contributed by atoms with van der Waals surface area (Å²) in [7, 11) is 0. The minimum Gasteiger partial charge on any atom is -0.307 e. The van der Waals surface area contributed by atoms with E-state index in [1.54, 1.807) is 11.0 Å². The molecule has 0 bridgehead atoms. The van der Waals surface area contributed by atoms with Gasteiger partial charge in [-0.15, -0.1) is 0 Å². The largest absolute Gasteiger partial charge is 0.307 e. The summed E-state index contributed by atoms with van der Waals surface area (Å²) in [5.41, 5.74) is 3.13. The predicted molar refractivity (Wildman–Crippen MR) is 78.2 cm³/mol. The van der Waals surface area contributed by atoms with Gasteiger partial charge in [0.15, 0.2) is 5.78 Å². The molecule has 0 spiro atoms. The van der Waals surface area contributed by atoms with Gasteiger partial charge < -0.3 is 4.90 Å². The maximum Gasteiger partial charge on any atom is 0.258 e. The number of benzene rings is 2. The number of Topliss-reactive ketones (excluding diaryl/α,β-unsaturated/α-hetero) is 1. The molecular weight excluding hydrogens is 250 g/mol. The molecule has 0 unspecified atom stereocenters. The summed E-state index contributed by atoms with van der Waals surface area (Å²) in [6.45, 7) is 2.44. The Kier molecular flexibility index (Phi) is 3.11. The minimum atomic E-state index is -0.0510. The van der Waals surface area contributed by atoms with E-state index >= 15 is 0 Å². The number of anilines is 1. The lowest BCUT2D eigenvalue weighted by molar-refractivity contribution is 0.0955. The molecular formula is C17H15NO2. The molecule has 0 radical (unpaired) electrons. The van der Waals surface area contributed by atoms with E-state index in [1.165, 1.54) is 0 Å². The standard InChI is InChI=1S/C17H15NO2/c1-12-6-8-13(9-7-12)17(20)18-11-10-16(19)14-4-2-3-5-15(14)18/h2-9H,10-11H2,1H3. The van der Waals surface area contributed by atoms with Crippen molar-refractivity contribution in [3.05, 3.63) is 65.2 Å². The summed E-state index contributed by atoms with van der Waals surface area (Å²) in [4.78, 5) is 26.2. The van der Waals surface area contributed by atoms with Gasteiger partial charge in [-0.3, -0.25) is 9.59 Å². The molecule has 3 nitrogen and oxygen atoms in total. The zero-order chi connectivity index (χ0) is 14.1. The van der Waals surface area contributed by atoms with Crippen molar-refractivity contribution in [2.45, 2.75) is 13.3 Å². The molecule has 1 aliphatic heterocycles. The van der Waals surface area contributed by atoms with Crippen molar-refractivity contribution < 1.29 is 9.59 Å². The number of para-hydroxylation sites is 1. The van der Waals surface area contributed by atoms with Crippen LogP contribution in [-0.2, 0) is 0 Å². The second kappa shape index (κ2) is 4.93. The van der Waals surface area contributed by atoms with Crippen LogP contribution in [0.3, 0.4) is 0 Å². The van der Waals surface area contributed by atoms with Crippen molar-refractivity contribution in [2.75, 3.05) is 11.4 Å². The van der Waals surface area contributed by atoms with Crippen LogP contribution < -0.4 is 4.90 Å². The molecule has 100 valence electrons. The predicted octanol–water partition coefficient (Wildman–Crippen LogP) is 3.23. The highest BCUT2D eigenvalue weighted by atomic mass is 16.2. The Hall–Kier alpha value is -2.42. The van der Waals surface area contributed by atoms with Gasteiger partial charge in [-0.05, 0) is 31.2 Å². The number of carbonyl (C=O) groups excluding carboxylic acids is 2. The van der Waals surface area contributed by atoms with E-state index in [0.717, 1.165) is 5.56 Å². The molecule has 20 heavy (non-hydrogen) atoms. The molecule has 1 aliphatic rings. The molecule has 1 amide bonds. The Morgan fingerprint density at radius 1 is 1.05 bits per heavy atom. The van der Waals surface area contributed by atoms with Gasteiger partial charge in [0.2, 0.25) is 0 Å². The zero-order valence-electron chi connectivity index (χ0n) is 11.3. The first-order chi connectivity index (χ1) is 9.66. The van der Waals surface area contributed by atoms with Gasteiger partial charge in [-0.2, -0.15) is 0 Å². The van der Waals surface area contributed by atoms with E-state index < -0.39 is 0 Å². The first kappa shape index (κ1) is 12.6. The van der Waals surface area contributed by atoms with E-state index in [1.807, 2.05) is 49.4 Å². The van der Waals surface area contributed by atoms with Gasteiger partial charge in [0, 0.05) is 24.1 Å². The fourth-order valence-electron chi connectivity index (χ4n) is 2.48. The molecule has 3 heteroatoms. The van der Waals surface area contributed by atoms with Gasteiger partial charge in [0.1, 0.15) is 0 Å². The summed E-state index contributed by atoms with van der Waals surface area (Å²) in [6.07, 6.45) is 0.384. The first-order valence-corrected chi connectivity index (χ1v) is 6.67. The lowest BCUT2D eigenvalue weighted by atomic mass is 9.99. The Balaban J connectivity index is 1.99. The second-order valence-corrected chi connectivity index (χ2v) is 5.01.